The molecule has 0 atom stereocenters. The largest absolute Gasteiger partial charge is 0.493 e. The Labute approximate surface area is 232 Å². The lowest BCUT2D eigenvalue weighted by atomic mass is 10.1. The van der Waals surface area contributed by atoms with Crippen LogP contribution in [0.1, 0.15) is 22.4 Å². The molecule has 0 aliphatic heterocycles. The number of aromatic nitrogens is 1. The summed E-state index contributed by atoms with van der Waals surface area (Å²) >= 11 is 12.6. The second-order valence-corrected chi connectivity index (χ2v) is 9.46. The maximum Gasteiger partial charge on any atom is 0.180 e. The molecule has 0 aliphatic carbocycles. The summed E-state index contributed by atoms with van der Waals surface area (Å²) in [5.74, 6) is 1.80. The summed E-state index contributed by atoms with van der Waals surface area (Å²) in [6.07, 6.45) is 3.88. The van der Waals surface area contributed by atoms with Crippen molar-refractivity contribution in [1.82, 2.24) is 4.98 Å². The Hall–Kier alpha value is -3.99. The minimum atomic E-state index is 0.398. The number of fused-ring (bicyclic) bond motifs is 1. The SMILES string of the molecule is COc1cc(/C=C/c2ccc3cccc(OCc4ccc(Cl)cc4)c3n2)cc(Cl)c1OCc1ccccc1. The van der Waals surface area contributed by atoms with E-state index in [1.807, 2.05) is 109 Å². The first-order valence-corrected chi connectivity index (χ1v) is 12.8. The van der Waals surface area contributed by atoms with Crippen LogP contribution in [0.5, 0.6) is 17.2 Å². The summed E-state index contributed by atoms with van der Waals surface area (Å²) in [4.78, 5) is 4.84. The summed E-state index contributed by atoms with van der Waals surface area (Å²) in [6.45, 7) is 0.824. The topological polar surface area (TPSA) is 40.6 Å². The average Bonchev–Trinajstić information content (AvgIpc) is 2.95. The molecule has 4 nitrogen and oxygen atoms in total. The molecule has 0 radical (unpaired) electrons. The van der Waals surface area contributed by atoms with Gasteiger partial charge in [0, 0.05) is 10.4 Å². The number of methoxy groups -OCH3 is 1. The number of halogens is 2. The van der Waals surface area contributed by atoms with Gasteiger partial charge in [0.15, 0.2) is 11.5 Å². The number of benzene rings is 4. The summed E-state index contributed by atoms with van der Waals surface area (Å²) in [5.41, 5.74) is 4.54. The highest BCUT2D eigenvalue weighted by Crippen LogP contribution is 2.37. The van der Waals surface area contributed by atoms with E-state index in [4.69, 9.17) is 42.4 Å². The van der Waals surface area contributed by atoms with E-state index < -0.39 is 0 Å². The monoisotopic (exact) mass is 541 g/mol. The van der Waals surface area contributed by atoms with Gasteiger partial charge in [0.1, 0.15) is 24.5 Å². The van der Waals surface area contributed by atoms with Crippen LogP contribution in [0.2, 0.25) is 10.0 Å². The first-order chi connectivity index (χ1) is 18.6. The molecule has 6 heteroatoms. The van der Waals surface area contributed by atoms with Crippen LogP contribution in [0.15, 0.2) is 97.1 Å². The zero-order valence-corrected chi connectivity index (χ0v) is 22.2. The Kier molecular flexibility index (Phi) is 8.12. The molecule has 0 unspecified atom stereocenters. The van der Waals surface area contributed by atoms with Gasteiger partial charge in [0.25, 0.3) is 0 Å². The van der Waals surface area contributed by atoms with E-state index in [0.717, 1.165) is 39.0 Å². The first-order valence-electron chi connectivity index (χ1n) is 12.1. The Balaban J connectivity index is 1.34. The molecule has 0 fully saturated rings. The standard InChI is InChI=1S/C32H25Cl2NO3/c1-36-30-19-24(18-28(34)32(30)38-21-22-6-3-2-4-7-22)12-16-27-17-13-25-8-5-9-29(31(25)35-27)37-20-23-10-14-26(33)15-11-23/h2-19H,20-21H2,1H3/b16-12+. The molecular weight excluding hydrogens is 517 g/mol. The van der Waals surface area contributed by atoms with E-state index in [1.165, 1.54) is 0 Å². The minimum Gasteiger partial charge on any atom is -0.493 e. The van der Waals surface area contributed by atoms with Crippen LogP contribution in [0.3, 0.4) is 0 Å². The molecule has 1 aromatic heterocycles. The number of rotatable bonds is 9. The van der Waals surface area contributed by atoms with E-state index in [2.05, 4.69) is 0 Å². The molecule has 190 valence electrons. The molecule has 5 aromatic rings. The Morgan fingerprint density at radius 1 is 0.711 bits per heavy atom. The van der Waals surface area contributed by atoms with Crippen molar-refractivity contribution in [2.75, 3.05) is 7.11 Å². The average molecular weight is 542 g/mol. The minimum absolute atomic E-state index is 0.398. The lowest BCUT2D eigenvalue weighted by Gasteiger charge is -2.13. The van der Waals surface area contributed by atoms with Crippen LogP contribution in [0.25, 0.3) is 23.1 Å². The molecule has 4 aromatic carbocycles. The number of pyridine rings is 1. The van der Waals surface area contributed by atoms with Crippen LogP contribution < -0.4 is 14.2 Å². The van der Waals surface area contributed by atoms with Crippen LogP contribution in [-0.2, 0) is 13.2 Å². The van der Waals surface area contributed by atoms with Crippen molar-refractivity contribution in [2.45, 2.75) is 13.2 Å². The van der Waals surface area contributed by atoms with Crippen molar-refractivity contribution in [1.29, 1.82) is 0 Å². The second kappa shape index (κ2) is 12.0. The Morgan fingerprint density at radius 3 is 2.26 bits per heavy atom. The number of nitrogens with zero attached hydrogens (tertiary/aromatic N) is 1. The molecule has 0 N–H and O–H groups in total. The molecule has 0 aliphatic rings. The van der Waals surface area contributed by atoms with Crippen molar-refractivity contribution in [3.05, 3.63) is 129 Å². The number of hydrogen-bond donors (Lipinski definition) is 0. The summed E-state index contributed by atoms with van der Waals surface area (Å²) in [5, 5.41) is 2.18. The third-order valence-corrected chi connectivity index (χ3v) is 6.47. The summed E-state index contributed by atoms with van der Waals surface area (Å²) in [7, 11) is 1.60. The molecule has 0 saturated carbocycles. The van der Waals surface area contributed by atoms with Gasteiger partial charge in [-0.15, -0.1) is 0 Å². The third-order valence-electron chi connectivity index (χ3n) is 5.94. The molecule has 0 amide bonds. The molecule has 0 bridgehead atoms. The maximum atomic E-state index is 6.58. The quantitative estimate of drug-likeness (QED) is 0.187. The molecule has 0 spiro atoms. The number of ether oxygens (including phenoxy) is 3. The van der Waals surface area contributed by atoms with Gasteiger partial charge in [-0.3, -0.25) is 0 Å². The van der Waals surface area contributed by atoms with E-state index in [0.29, 0.717) is 34.8 Å². The molecule has 38 heavy (non-hydrogen) atoms. The van der Waals surface area contributed by atoms with Crippen LogP contribution in [0.4, 0.5) is 0 Å². The van der Waals surface area contributed by atoms with E-state index in [-0.39, 0.29) is 0 Å². The van der Waals surface area contributed by atoms with Crippen molar-refractivity contribution < 1.29 is 14.2 Å². The predicted molar refractivity (Wildman–Crippen MR) is 155 cm³/mol. The molecular formula is C32H25Cl2NO3. The highest BCUT2D eigenvalue weighted by atomic mass is 35.5. The van der Waals surface area contributed by atoms with Gasteiger partial charge >= 0.3 is 0 Å². The van der Waals surface area contributed by atoms with E-state index >= 15 is 0 Å². The predicted octanol–water partition coefficient (Wildman–Crippen LogP) is 8.88. The van der Waals surface area contributed by atoms with Gasteiger partial charge < -0.3 is 14.2 Å². The lowest BCUT2D eigenvalue weighted by molar-refractivity contribution is 0.284. The lowest BCUT2D eigenvalue weighted by Crippen LogP contribution is -1.98. The Bertz CT molecular complexity index is 1570. The zero-order chi connectivity index (χ0) is 26.3. The molecule has 0 saturated heterocycles. The van der Waals surface area contributed by atoms with E-state index in [1.54, 1.807) is 7.11 Å². The molecule has 1 heterocycles. The van der Waals surface area contributed by atoms with E-state index in [9.17, 15) is 0 Å². The highest BCUT2D eigenvalue weighted by molar-refractivity contribution is 6.32. The van der Waals surface area contributed by atoms with Gasteiger partial charge in [0.05, 0.1) is 17.8 Å². The third kappa shape index (κ3) is 6.28. The van der Waals surface area contributed by atoms with Crippen LogP contribution >= 0.6 is 23.2 Å². The van der Waals surface area contributed by atoms with Crippen molar-refractivity contribution >= 4 is 46.3 Å². The van der Waals surface area contributed by atoms with Crippen molar-refractivity contribution in [3.8, 4) is 17.2 Å². The van der Waals surface area contributed by atoms with Gasteiger partial charge in [-0.05, 0) is 59.2 Å². The van der Waals surface area contributed by atoms with Crippen molar-refractivity contribution in [3.63, 3.8) is 0 Å². The fourth-order valence-electron chi connectivity index (χ4n) is 3.97. The van der Waals surface area contributed by atoms with Gasteiger partial charge in [-0.25, -0.2) is 4.98 Å². The first kappa shape index (κ1) is 25.7. The van der Waals surface area contributed by atoms with Gasteiger partial charge in [0.2, 0.25) is 0 Å². The highest BCUT2D eigenvalue weighted by Gasteiger charge is 2.12. The smallest absolute Gasteiger partial charge is 0.180 e. The fourth-order valence-corrected chi connectivity index (χ4v) is 4.37. The summed E-state index contributed by atoms with van der Waals surface area (Å²) < 4.78 is 17.6. The summed E-state index contributed by atoms with van der Waals surface area (Å²) in [6, 6.07) is 31.2. The fraction of sp³-hybridized carbons (Fsp3) is 0.0938. The van der Waals surface area contributed by atoms with Gasteiger partial charge in [-0.1, -0.05) is 89.9 Å². The van der Waals surface area contributed by atoms with Crippen molar-refractivity contribution in [2.24, 2.45) is 0 Å². The number of para-hydroxylation sites is 1. The van der Waals surface area contributed by atoms with Crippen LogP contribution in [0, 0.1) is 0 Å². The number of hydrogen-bond acceptors (Lipinski definition) is 4. The van der Waals surface area contributed by atoms with Gasteiger partial charge in [-0.2, -0.15) is 0 Å². The zero-order valence-electron chi connectivity index (χ0n) is 20.7. The second-order valence-electron chi connectivity index (χ2n) is 8.62. The molecule has 5 rings (SSSR count). The normalized spacial score (nSPS) is 11.1. The maximum absolute atomic E-state index is 6.58. The van der Waals surface area contributed by atoms with Crippen LogP contribution in [-0.4, -0.2) is 12.1 Å². The Morgan fingerprint density at radius 2 is 1.47 bits per heavy atom.